The molecule has 0 aliphatic heterocycles. The number of hydrogen-bond donors (Lipinski definition) is 9. The predicted octanol–water partition coefficient (Wildman–Crippen LogP) is -1.83. The Morgan fingerprint density at radius 1 is 0.919 bits per heavy atom. The molecule has 0 fully saturated rings. The zero-order valence-electron chi connectivity index (χ0n) is 19.5. The van der Waals surface area contributed by atoms with Crippen LogP contribution in [-0.4, -0.2) is 84.9 Å². The zero-order valence-corrected chi connectivity index (χ0v) is 20.4. The molecule has 9 N–H and O–H groups in total. The van der Waals surface area contributed by atoms with Crippen molar-refractivity contribution in [2.45, 2.75) is 43.4 Å². The lowest BCUT2D eigenvalue weighted by atomic mass is 10.1. The SMILES string of the molecule is NC(Cc1cnc[nH]1)C(=O)NC(CC(=O)O)C(=O)NC(CS)C(=O)NC(Cc1ccc(O)cc1)C(=O)O. The van der Waals surface area contributed by atoms with Gasteiger partial charge in [0.2, 0.25) is 17.7 Å². The van der Waals surface area contributed by atoms with Crippen LogP contribution in [-0.2, 0) is 36.8 Å². The number of aromatic amines is 1. The average Bonchev–Trinajstić information content (AvgIpc) is 3.35. The number of nitrogens with zero attached hydrogens (tertiary/aromatic N) is 1. The summed E-state index contributed by atoms with van der Waals surface area (Å²) in [6.07, 6.45) is 1.99. The molecule has 0 radical (unpaired) electrons. The quantitative estimate of drug-likeness (QED) is 0.122. The molecule has 4 atom stereocenters. The normalized spacial score (nSPS) is 14.0. The van der Waals surface area contributed by atoms with Gasteiger partial charge in [0.05, 0.1) is 18.8 Å². The van der Waals surface area contributed by atoms with E-state index in [2.05, 4.69) is 38.5 Å². The van der Waals surface area contributed by atoms with Crippen LogP contribution in [0.1, 0.15) is 17.7 Å². The third-order valence-electron chi connectivity index (χ3n) is 5.15. The summed E-state index contributed by atoms with van der Waals surface area (Å²) in [5, 5.41) is 34.9. The Labute approximate surface area is 216 Å². The monoisotopic (exact) mass is 536 g/mol. The van der Waals surface area contributed by atoms with E-state index in [1.165, 1.54) is 36.8 Å². The second-order valence-corrected chi connectivity index (χ2v) is 8.43. The number of H-pyrrole nitrogens is 1. The van der Waals surface area contributed by atoms with Gasteiger partial charge >= 0.3 is 11.9 Å². The second-order valence-electron chi connectivity index (χ2n) is 8.06. The van der Waals surface area contributed by atoms with Crippen LogP contribution in [0.15, 0.2) is 36.8 Å². The molecule has 15 heteroatoms. The molecule has 200 valence electrons. The van der Waals surface area contributed by atoms with Crippen LogP contribution in [0.5, 0.6) is 5.75 Å². The smallest absolute Gasteiger partial charge is 0.326 e. The molecule has 37 heavy (non-hydrogen) atoms. The number of phenolic OH excluding ortho intramolecular Hbond substituents is 1. The number of carbonyl (C=O) groups is 5. The molecule has 1 aromatic carbocycles. The van der Waals surface area contributed by atoms with E-state index in [-0.39, 0.29) is 24.3 Å². The standard InChI is InChI=1S/C22H28N6O8S/c23-14(6-12-8-24-10-25-12)19(32)26-15(7-18(30)31)20(33)28-17(9-37)21(34)27-16(22(35)36)5-11-1-3-13(29)4-2-11/h1-4,8,10,14-17,29,37H,5-7,9,23H2,(H,24,25)(H,26,32)(H,27,34)(H,28,33)(H,30,31)(H,35,36). The maximum Gasteiger partial charge on any atom is 0.326 e. The summed E-state index contributed by atoms with van der Waals surface area (Å²) in [5.41, 5.74) is 6.90. The number of rotatable bonds is 14. The molecule has 0 aliphatic carbocycles. The molecule has 14 nitrogen and oxygen atoms in total. The number of thiol groups is 1. The van der Waals surface area contributed by atoms with Crippen molar-refractivity contribution in [2.24, 2.45) is 5.73 Å². The number of aliphatic carboxylic acids is 2. The Bertz CT molecular complexity index is 1100. The number of benzene rings is 1. The number of phenols is 1. The van der Waals surface area contributed by atoms with E-state index in [0.29, 0.717) is 11.3 Å². The van der Waals surface area contributed by atoms with Crippen molar-refractivity contribution in [3.8, 4) is 5.75 Å². The van der Waals surface area contributed by atoms with Crippen molar-refractivity contribution in [1.29, 1.82) is 0 Å². The van der Waals surface area contributed by atoms with E-state index >= 15 is 0 Å². The third kappa shape index (κ3) is 9.46. The highest BCUT2D eigenvalue weighted by atomic mass is 32.1. The fourth-order valence-corrected chi connectivity index (χ4v) is 3.45. The molecule has 2 rings (SSSR count). The van der Waals surface area contributed by atoms with Crippen molar-refractivity contribution in [1.82, 2.24) is 25.9 Å². The first kappa shape index (κ1) is 29.1. The lowest BCUT2D eigenvalue weighted by molar-refractivity contribution is -0.143. The van der Waals surface area contributed by atoms with E-state index in [1.54, 1.807) is 0 Å². The minimum absolute atomic E-state index is 0.0113. The number of aromatic nitrogens is 2. The molecule has 4 unspecified atom stereocenters. The van der Waals surface area contributed by atoms with Crippen molar-refractivity contribution in [3.63, 3.8) is 0 Å². The molecular weight excluding hydrogens is 508 g/mol. The molecule has 0 bridgehead atoms. The minimum Gasteiger partial charge on any atom is -0.508 e. The number of hydrogen-bond acceptors (Lipinski definition) is 9. The van der Waals surface area contributed by atoms with E-state index in [4.69, 9.17) is 5.73 Å². The van der Waals surface area contributed by atoms with Gasteiger partial charge in [-0.1, -0.05) is 12.1 Å². The Morgan fingerprint density at radius 3 is 2.05 bits per heavy atom. The van der Waals surface area contributed by atoms with Gasteiger partial charge in [-0.3, -0.25) is 19.2 Å². The highest BCUT2D eigenvalue weighted by molar-refractivity contribution is 7.80. The largest absolute Gasteiger partial charge is 0.508 e. The Hall–Kier alpha value is -4.11. The van der Waals surface area contributed by atoms with E-state index in [1.807, 2.05) is 0 Å². The van der Waals surface area contributed by atoms with E-state index in [0.717, 1.165) is 0 Å². The minimum atomic E-state index is -1.57. The predicted molar refractivity (Wildman–Crippen MR) is 132 cm³/mol. The molecule has 3 amide bonds. The summed E-state index contributed by atoms with van der Waals surface area (Å²) >= 11 is 4.02. The highest BCUT2D eigenvalue weighted by Crippen LogP contribution is 2.12. The zero-order chi connectivity index (χ0) is 27.5. The van der Waals surface area contributed by atoms with Gasteiger partial charge in [0.15, 0.2) is 0 Å². The van der Waals surface area contributed by atoms with Crippen LogP contribution in [0.2, 0.25) is 0 Å². The lowest BCUT2D eigenvalue weighted by Gasteiger charge is -2.24. The Balaban J connectivity index is 2.04. The number of nitrogens with one attached hydrogen (secondary N) is 4. The fourth-order valence-electron chi connectivity index (χ4n) is 3.20. The highest BCUT2D eigenvalue weighted by Gasteiger charge is 2.31. The first-order valence-corrected chi connectivity index (χ1v) is 11.6. The van der Waals surface area contributed by atoms with Crippen LogP contribution in [0.4, 0.5) is 0 Å². The number of imidazole rings is 1. The maximum absolute atomic E-state index is 12.8. The fraction of sp³-hybridized carbons (Fsp3) is 0.364. The molecular formula is C22H28N6O8S. The van der Waals surface area contributed by atoms with Gasteiger partial charge in [-0.15, -0.1) is 0 Å². The van der Waals surface area contributed by atoms with Gasteiger partial charge < -0.3 is 42.0 Å². The van der Waals surface area contributed by atoms with Crippen LogP contribution >= 0.6 is 12.6 Å². The molecule has 0 aliphatic rings. The van der Waals surface area contributed by atoms with Crippen molar-refractivity contribution < 1.29 is 39.3 Å². The second kappa shape index (κ2) is 13.8. The third-order valence-corrected chi connectivity index (χ3v) is 5.51. The number of carboxylic acids is 2. The van der Waals surface area contributed by atoms with E-state index in [9.17, 15) is 39.3 Å². The molecule has 1 heterocycles. The molecule has 2 aromatic rings. The summed E-state index contributed by atoms with van der Waals surface area (Å²) in [6.45, 7) is 0. The Morgan fingerprint density at radius 2 is 1.51 bits per heavy atom. The van der Waals surface area contributed by atoms with Gasteiger partial charge in [0.1, 0.15) is 23.9 Å². The summed E-state index contributed by atoms with van der Waals surface area (Å²) in [4.78, 5) is 67.4. The molecule has 0 spiro atoms. The van der Waals surface area contributed by atoms with Gasteiger partial charge in [0.25, 0.3) is 0 Å². The summed E-state index contributed by atoms with van der Waals surface area (Å²) in [7, 11) is 0. The van der Waals surface area contributed by atoms with Gasteiger partial charge in [-0.05, 0) is 17.7 Å². The van der Waals surface area contributed by atoms with Crippen LogP contribution in [0.25, 0.3) is 0 Å². The number of aromatic hydroxyl groups is 1. The first-order chi connectivity index (χ1) is 17.5. The summed E-state index contributed by atoms with van der Waals surface area (Å²) in [5.74, 6) is -5.68. The van der Waals surface area contributed by atoms with Crippen molar-refractivity contribution in [2.75, 3.05) is 5.75 Å². The van der Waals surface area contributed by atoms with Gasteiger partial charge in [-0.25, -0.2) is 9.78 Å². The van der Waals surface area contributed by atoms with Gasteiger partial charge in [0, 0.05) is 30.5 Å². The van der Waals surface area contributed by atoms with Crippen molar-refractivity contribution >= 4 is 42.3 Å². The van der Waals surface area contributed by atoms with Crippen LogP contribution in [0.3, 0.4) is 0 Å². The number of amides is 3. The average molecular weight is 537 g/mol. The molecule has 0 saturated carbocycles. The number of nitrogens with two attached hydrogens (primary N) is 1. The van der Waals surface area contributed by atoms with Crippen LogP contribution in [0, 0.1) is 0 Å². The Kier molecular flexibility index (Phi) is 10.9. The first-order valence-electron chi connectivity index (χ1n) is 11.0. The summed E-state index contributed by atoms with van der Waals surface area (Å²) < 4.78 is 0. The topological polar surface area (TPSA) is 237 Å². The number of carboxylic acid groups (broad SMARTS) is 2. The van der Waals surface area contributed by atoms with Crippen LogP contribution < -0.4 is 21.7 Å². The van der Waals surface area contributed by atoms with E-state index < -0.39 is 60.2 Å². The lowest BCUT2D eigenvalue weighted by Crippen LogP contribution is -2.58. The number of carbonyl (C=O) groups excluding carboxylic acids is 3. The summed E-state index contributed by atoms with van der Waals surface area (Å²) in [6, 6.07) is 0.312. The van der Waals surface area contributed by atoms with Crippen molar-refractivity contribution in [3.05, 3.63) is 48.0 Å². The molecule has 0 saturated heterocycles. The van der Waals surface area contributed by atoms with Gasteiger partial charge in [-0.2, -0.15) is 12.6 Å². The maximum atomic E-state index is 12.8. The molecule has 1 aromatic heterocycles.